The molecule has 5 heteroatoms. The smallest absolute Gasteiger partial charge is 0.254 e. The summed E-state index contributed by atoms with van der Waals surface area (Å²) in [5.74, 6) is 1.52. The first kappa shape index (κ1) is 12.4. The first-order valence-corrected chi connectivity index (χ1v) is 8.27. The summed E-state index contributed by atoms with van der Waals surface area (Å²) in [6, 6.07) is 1.86. The van der Waals surface area contributed by atoms with Crippen LogP contribution in [0.4, 0.5) is 0 Å². The van der Waals surface area contributed by atoms with E-state index >= 15 is 0 Å². The minimum Gasteiger partial charge on any atom is -0.342 e. The van der Waals surface area contributed by atoms with Crippen molar-refractivity contribution in [2.45, 2.75) is 12.8 Å². The number of fused-ring (bicyclic) bond motifs is 1. The Hall–Kier alpha value is -1.36. The van der Waals surface area contributed by atoms with Crippen molar-refractivity contribution in [2.75, 3.05) is 26.2 Å². The molecule has 0 spiro atoms. The highest BCUT2D eigenvalue weighted by Crippen LogP contribution is 2.37. The second-order valence-corrected chi connectivity index (χ2v) is 7.06. The van der Waals surface area contributed by atoms with Crippen LogP contribution in [0.25, 0.3) is 0 Å². The van der Waals surface area contributed by atoms with Crippen molar-refractivity contribution < 1.29 is 9.59 Å². The van der Waals surface area contributed by atoms with E-state index in [1.54, 1.807) is 11.3 Å². The zero-order valence-electron chi connectivity index (χ0n) is 11.3. The molecule has 4 rings (SSSR count). The Labute approximate surface area is 122 Å². The van der Waals surface area contributed by atoms with Gasteiger partial charge in [0.05, 0.1) is 11.5 Å². The molecule has 3 fully saturated rings. The van der Waals surface area contributed by atoms with E-state index in [1.807, 2.05) is 26.6 Å². The quantitative estimate of drug-likeness (QED) is 0.850. The highest BCUT2D eigenvalue weighted by molar-refractivity contribution is 7.08. The molecular formula is C15H18N2O2S. The highest BCUT2D eigenvalue weighted by atomic mass is 32.1. The molecule has 0 unspecified atom stereocenters. The van der Waals surface area contributed by atoms with E-state index in [-0.39, 0.29) is 17.7 Å². The average Bonchev–Trinajstić information content (AvgIpc) is 2.89. The van der Waals surface area contributed by atoms with Crippen molar-refractivity contribution in [3.05, 3.63) is 22.4 Å². The standard InChI is InChI=1S/C15H18N2O2S/c18-14(11-3-4-20-9-11)17-7-12-6-16(5-10-1-2-10)15(19)13(12)8-17/h3-4,9-10,12-13H,1-2,5-8H2/t12-,13+/m1/s1. The number of hydrogen-bond donors (Lipinski definition) is 0. The van der Waals surface area contributed by atoms with Gasteiger partial charge >= 0.3 is 0 Å². The van der Waals surface area contributed by atoms with Crippen LogP contribution in [0.15, 0.2) is 16.8 Å². The van der Waals surface area contributed by atoms with Gasteiger partial charge < -0.3 is 9.80 Å². The zero-order chi connectivity index (χ0) is 13.7. The van der Waals surface area contributed by atoms with Crippen molar-refractivity contribution in [1.29, 1.82) is 0 Å². The van der Waals surface area contributed by atoms with Gasteiger partial charge in [-0.15, -0.1) is 0 Å². The molecule has 20 heavy (non-hydrogen) atoms. The lowest BCUT2D eigenvalue weighted by Gasteiger charge is -2.21. The van der Waals surface area contributed by atoms with Gasteiger partial charge in [-0.1, -0.05) is 0 Å². The number of amides is 2. The number of rotatable bonds is 3. The monoisotopic (exact) mass is 290 g/mol. The van der Waals surface area contributed by atoms with E-state index in [0.717, 1.165) is 31.1 Å². The lowest BCUT2D eigenvalue weighted by molar-refractivity contribution is -0.131. The summed E-state index contributed by atoms with van der Waals surface area (Å²) in [5, 5.41) is 3.81. The summed E-state index contributed by atoms with van der Waals surface area (Å²) in [7, 11) is 0. The fraction of sp³-hybridized carbons (Fsp3) is 0.600. The van der Waals surface area contributed by atoms with Crippen molar-refractivity contribution in [3.63, 3.8) is 0 Å². The summed E-state index contributed by atoms with van der Waals surface area (Å²) in [5.41, 5.74) is 0.761. The third-order valence-corrected chi connectivity index (χ3v) is 5.44. The summed E-state index contributed by atoms with van der Waals surface area (Å²) in [6.07, 6.45) is 2.56. The average molecular weight is 290 g/mol. The van der Waals surface area contributed by atoms with Gasteiger partial charge in [-0.25, -0.2) is 0 Å². The molecule has 2 atom stereocenters. The molecule has 3 aliphatic rings. The highest BCUT2D eigenvalue weighted by Gasteiger charge is 2.48. The molecule has 2 amide bonds. The molecule has 106 valence electrons. The third kappa shape index (κ3) is 2.04. The maximum absolute atomic E-state index is 12.4. The second kappa shape index (κ2) is 4.58. The van der Waals surface area contributed by atoms with Crippen LogP contribution in [0, 0.1) is 17.8 Å². The van der Waals surface area contributed by atoms with E-state index in [0.29, 0.717) is 12.5 Å². The number of carbonyl (C=O) groups is 2. The summed E-state index contributed by atoms with van der Waals surface area (Å²) >= 11 is 1.54. The molecule has 1 aromatic heterocycles. The van der Waals surface area contributed by atoms with Gasteiger partial charge in [0, 0.05) is 37.5 Å². The van der Waals surface area contributed by atoms with Crippen molar-refractivity contribution in [3.8, 4) is 0 Å². The van der Waals surface area contributed by atoms with Crippen LogP contribution in [-0.4, -0.2) is 47.8 Å². The summed E-state index contributed by atoms with van der Waals surface area (Å²) in [6.45, 7) is 3.16. The van der Waals surface area contributed by atoms with Gasteiger partial charge in [0.15, 0.2) is 0 Å². The van der Waals surface area contributed by atoms with Crippen LogP contribution in [0.2, 0.25) is 0 Å². The van der Waals surface area contributed by atoms with Crippen LogP contribution in [0.3, 0.4) is 0 Å². The first-order valence-electron chi connectivity index (χ1n) is 7.32. The SMILES string of the molecule is O=C(c1ccsc1)N1C[C@H]2CN(CC3CC3)C(=O)[C@H]2C1. The van der Waals surface area contributed by atoms with Gasteiger partial charge in [0.1, 0.15) is 0 Å². The van der Waals surface area contributed by atoms with E-state index in [2.05, 4.69) is 0 Å². The van der Waals surface area contributed by atoms with E-state index in [1.165, 1.54) is 12.8 Å². The Morgan fingerprint density at radius 1 is 1.30 bits per heavy atom. The molecule has 2 saturated heterocycles. The first-order chi connectivity index (χ1) is 9.72. The number of hydrogen-bond acceptors (Lipinski definition) is 3. The van der Waals surface area contributed by atoms with E-state index in [9.17, 15) is 9.59 Å². The molecule has 3 heterocycles. The topological polar surface area (TPSA) is 40.6 Å². The Morgan fingerprint density at radius 3 is 2.80 bits per heavy atom. The fourth-order valence-corrected chi connectivity index (χ4v) is 4.08. The van der Waals surface area contributed by atoms with Crippen molar-refractivity contribution in [2.24, 2.45) is 17.8 Å². The molecule has 1 aromatic rings. The molecule has 0 N–H and O–H groups in total. The van der Waals surface area contributed by atoms with Gasteiger partial charge in [-0.05, 0) is 30.2 Å². The van der Waals surface area contributed by atoms with Gasteiger partial charge in [-0.2, -0.15) is 11.3 Å². The summed E-state index contributed by atoms with van der Waals surface area (Å²) in [4.78, 5) is 28.6. The molecule has 2 aliphatic heterocycles. The zero-order valence-corrected chi connectivity index (χ0v) is 12.1. The predicted molar refractivity (Wildman–Crippen MR) is 76.5 cm³/mol. The number of thiophene rings is 1. The van der Waals surface area contributed by atoms with E-state index in [4.69, 9.17) is 0 Å². The largest absolute Gasteiger partial charge is 0.342 e. The van der Waals surface area contributed by atoms with E-state index < -0.39 is 0 Å². The number of nitrogens with zero attached hydrogens (tertiary/aromatic N) is 2. The minimum atomic E-state index is 0.0522. The van der Waals surface area contributed by atoms with Crippen molar-refractivity contribution >= 4 is 23.2 Å². The van der Waals surface area contributed by atoms with Crippen LogP contribution in [0.5, 0.6) is 0 Å². The lowest BCUT2D eigenvalue weighted by atomic mass is 10.0. The molecule has 0 aromatic carbocycles. The normalized spacial score (nSPS) is 29.1. The maximum atomic E-state index is 12.4. The molecule has 1 saturated carbocycles. The second-order valence-electron chi connectivity index (χ2n) is 6.28. The number of likely N-dealkylation sites (tertiary alicyclic amines) is 2. The minimum absolute atomic E-state index is 0.0522. The van der Waals surface area contributed by atoms with Crippen LogP contribution in [-0.2, 0) is 4.79 Å². The fourth-order valence-electron chi connectivity index (χ4n) is 3.45. The molecule has 4 nitrogen and oxygen atoms in total. The third-order valence-electron chi connectivity index (χ3n) is 4.76. The Kier molecular flexibility index (Phi) is 2.84. The lowest BCUT2D eigenvalue weighted by Crippen LogP contribution is -2.36. The predicted octanol–water partition coefficient (Wildman–Crippen LogP) is 1.69. The number of carbonyl (C=O) groups excluding carboxylic acids is 2. The molecule has 0 bridgehead atoms. The molecule has 0 radical (unpaired) electrons. The Balaban J connectivity index is 1.42. The Bertz CT molecular complexity index is 538. The van der Waals surface area contributed by atoms with Gasteiger partial charge in [0.2, 0.25) is 5.91 Å². The summed E-state index contributed by atoms with van der Waals surface area (Å²) < 4.78 is 0. The van der Waals surface area contributed by atoms with Gasteiger partial charge in [0.25, 0.3) is 5.91 Å². The van der Waals surface area contributed by atoms with Crippen LogP contribution < -0.4 is 0 Å². The van der Waals surface area contributed by atoms with Gasteiger partial charge in [-0.3, -0.25) is 9.59 Å². The van der Waals surface area contributed by atoms with Crippen LogP contribution >= 0.6 is 11.3 Å². The van der Waals surface area contributed by atoms with Crippen molar-refractivity contribution in [1.82, 2.24) is 9.80 Å². The Morgan fingerprint density at radius 2 is 2.15 bits per heavy atom. The molecule has 1 aliphatic carbocycles. The van der Waals surface area contributed by atoms with Crippen LogP contribution in [0.1, 0.15) is 23.2 Å². The molecular weight excluding hydrogens is 272 g/mol. The maximum Gasteiger partial charge on any atom is 0.254 e.